The van der Waals surface area contributed by atoms with Gasteiger partial charge in [0.15, 0.2) is 0 Å². The third-order valence-corrected chi connectivity index (χ3v) is 5.30. The SMILES string of the molecule is Cl.Cl.O=C(CCC1CCNC1)Nc1ccccc1N1CCc2ccccc21. The minimum atomic E-state index is 0. The number of carbonyl (C=O) groups is 1. The smallest absolute Gasteiger partial charge is 0.224 e. The van der Waals surface area contributed by atoms with Gasteiger partial charge in [-0.1, -0.05) is 30.3 Å². The lowest BCUT2D eigenvalue weighted by Gasteiger charge is -2.23. The summed E-state index contributed by atoms with van der Waals surface area (Å²) in [4.78, 5) is 14.7. The first-order chi connectivity index (χ1) is 12.3. The Morgan fingerprint density at radius 2 is 1.81 bits per heavy atom. The highest BCUT2D eigenvalue weighted by molar-refractivity contribution is 5.95. The summed E-state index contributed by atoms with van der Waals surface area (Å²) in [5.74, 6) is 0.762. The zero-order chi connectivity index (χ0) is 17.1. The van der Waals surface area contributed by atoms with Crippen LogP contribution < -0.4 is 15.5 Å². The topological polar surface area (TPSA) is 44.4 Å². The van der Waals surface area contributed by atoms with Crippen LogP contribution in [0, 0.1) is 5.92 Å². The number of rotatable bonds is 5. The van der Waals surface area contributed by atoms with Gasteiger partial charge in [-0.3, -0.25) is 4.79 Å². The molecule has 0 aliphatic carbocycles. The number of nitrogens with one attached hydrogen (secondary N) is 2. The highest BCUT2D eigenvalue weighted by Gasteiger charge is 2.22. The van der Waals surface area contributed by atoms with Crippen molar-refractivity contribution < 1.29 is 4.79 Å². The maximum atomic E-state index is 12.4. The maximum Gasteiger partial charge on any atom is 0.224 e. The number of carbonyl (C=O) groups excluding carboxylic acids is 1. The van der Waals surface area contributed by atoms with Crippen LogP contribution in [-0.4, -0.2) is 25.5 Å². The molecule has 1 atom stereocenters. The van der Waals surface area contributed by atoms with Crippen LogP contribution >= 0.6 is 24.8 Å². The fraction of sp³-hybridized carbons (Fsp3) is 0.381. The predicted molar refractivity (Wildman–Crippen MR) is 117 cm³/mol. The van der Waals surface area contributed by atoms with Gasteiger partial charge in [0.25, 0.3) is 0 Å². The van der Waals surface area contributed by atoms with Crippen molar-refractivity contribution in [1.82, 2.24) is 5.32 Å². The van der Waals surface area contributed by atoms with E-state index in [1.54, 1.807) is 0 Å². The summed E-state index contributed by atoms with van der Waals surface area (Å²) in [6, 6.07) is 16.6. The third kappa shape index (κ3) is 4.95. The fourth-order valence-electron chi connectivity index (χ4n) is 3.91. The molecule has 1 fully saturated rings. The summed E-state index contributed by atoms with van der Waals surface area (Å²) in [5.41, 5.74) is 4.62. The monoisotopic (exact) mass is 407 g/mol. The highest BCUT2D eigenvalue weighted by atomic mass is 35.5. The summed E-state index contributed by atoms with van der Waals surface area (Å²) < 4.78 is 0. The van der Waals surface area contributed by atoms with Crippen LogP contribution in [0.4, 0.5) is 17.1 Å². The van der Waals surface area contributed by atoms with E-state index in [0.29, 0.717) is 12.3 Å². The zero-order valence-electron chi connectivity index (χ0n) is 15.3. The minimum Gasteiger partial charge on any atom is -0.339 e. The average Bonchev–Trinajstić information content (AvgIpc) is 3.30. The van der Waals surface area contributed by atoms with Gasteiger partial charge in [-0.2, -0.15) is 0 Å². The molecule has 27 heavy (non-hydrogen) atoms. The number of amides is 1. The summed E-state index contributed by atoms with van der Waals surface area (Å²) >= 11 is 0. The first kappa shape index (κ1) is 21.5. The second-order valence-electron chi connectivity index (χ2n) is 6.99. The van der Waals surface area contributed by atoms with Gasteiger partial charge in [0.2, 0.25) is 5.91 Å². The Hall–Kier alpha value is -1.75. The molecular formula is C21H27Cl2N3O. The Morgan fingerprint density at radius 1 is 1.07 bits per heavy atom. The maximum absolute atomic E-state index is 12.4. The number of nitrogens with zero attached hydrogens (tertiary/aromatic N) is 1. The first-order valence-electron chi connectivity index (χ1n) is 9.26. The lowest BCUT2D eigenvalue weighted by molar-refractivity contribution is -0.116. The summed E-state index contributed by atoms with van der Waals surface area (Å²) in [7, 11) is 0. The van der Waals surface area contributed by atoms with Gasteiger partial charge in [-0.15, -0.1) is 24.8 Å². The van der Waals surface area contributed by atoms with Gasteiger partial charge in [0, 0.05) is 18.7 Å². The van der Waals surface area contributed by atoms with E-state index in [1.807, 2.05) is 18.2 Å². The quantitative estimate of drug-likeness (QED) is 0.763. The van der Waals surface area contributed by atoms with E-state index >= 15 is 0 Å². The van der Waals surface area contributed by atoms with Crippen LogP contribution in [0.5, 0.6) is 0 Å². The van der Waals surface area contributed by atoms with E-state index in [1.165, 1.54) is 17.7 Å². The molecule has 1 amide bonds. The number of fused-ring (bicyclic) bond motifs is 1. The van der Waals surface area contributed by atoms with Crippen molar-refractivity contribution in [1.29, 1.82) is 0 Å². The summed E-state index contributed by atoms with van der Waals surface area (Å²) in [5, 5.41) is 6.50. The first-order valence-corrected chi connectivity index (χ1v) is 9.26. The molecule has 2 aromatic carbocycles. The minimum absolute atomic E-state index is 0. The second-order valence-corrected chi connectivity index (χ2v) is 6.99. The number of benzene rings is 2. The summed E-state index contributed by atoms with van der Waals surface area (Å²) in [6.45, 7) is 3.10. The van der Waals surface area contributed by atoms with E-state index in [-0.39, 0.29) is 30.7 Å². The Bertz CT molecular complexity index is 763. The second kappa shape index (κ2) is 9.98. The van der Waals surface area contributed by atoms with Crippen molar-refractivity contribution in [2.75, 3.05) is 29.9 Å². The number of para-hydroxylation sites is 3. The molecule has 2 aliphatic rings. The van der Waals surface area contributed by atoms with Crippen molar-refractivity contribution in [3.05, 3.63) is 54.1 Å². The van der Waals surface area contributed by atoms with E-state index in [2.05, 4.69) is 45.9 Å². The summed E-state index contributed by atoms with van der Waals surface area (Å²) in [6.07, 6.45) is 3.80. The molecule has 4 nitrogen and oxygen atoms in total. The fourth-order valence-corrected chi connectivity index (χ4v) is 3.91. The Morgan fingerprint density at radius 3 is 2.59 bits per heavy atom. The molecule has 2 aliphatic heterocycles. The molecule has 6 heteroatoms. The number of hydrogen-bond donors (Lipinski definition) is 2. The standard InChI is InChI=1S/C21H25N3O.2ClH/c25-21(10-9-16-11-13-22-15-16)23-18-6-2-4-8-20(18)24-14-12-17-5-1-3-7-19(17)24;;/h1-8,16,22H,9-15H2,(H,23,25);2*1H. The Balaban J connectivity index is 0.00000131. The highest BCUT2D eigenvalue weighted by Crippen LogP contribution is 2.38. The number of halogens is 2. The van der Waals surface area contributed by atoms with Gasteiger partial charge < -0.3 is 15.5 Å². The molecular weight excluding hydrogens is 381 g/mol. The molecule has 146 valence electrons. The largest absolute Gasteiger partial charge is 0.339 e. The van der Waals surface area contributed by atoms with Crippen LogP contribution in [-0.2, 0) is 11.2 Å². The third-order valence-electron chi connectivity index (χ3n) is 5.30. The van der Waals surface area contributed by atoms with Gasteiger partial charge in [0.05, 0.1) is 11.4 Å². The van der Waals surface area contributed by atoms with Crippen molar-refractivity contribution >= 4 is 47.8 Å². The number of hydrogen-bond acceptors (Lipinski definition) is 3. The van der Waals surface area contributed by atoms with Crippen LogP contribution in [0.1, 0.15) is 24.8 Å². The van der Waals surface area contributed by atoms with Gasteiger partial charge >= 0.3 is 0 Å². The molecule has 1 unspecified atom stereocenters. The molecule has 0 radical (unpaired) electrons. The van der Waals surface area contributed by atoms with Crippen molar-refractivity contribution in [2.24, 2.45) is 5.92 Å². The van der Waals surface area contributed by atoms with E-state index in [9.17, 15) is 4.79 Å². The van der Waals surface area contributed by atoms with E-state index in [0.717, 1.165) is 43.9 Å². The molecule has 0 saturated carbocycles. The Kier molecular flexibility index (Phi) is 7.96. The molecule has 0 aromatic heterocycles. The van der Waals surface area contributed by atoms with Crippen LogP contribution in [0.2, 0.25) is 0 Å². The Labute approximate surface area is 173 Å². The molecule has 2 aromatic rings. The van der Waals surface area contributed by atoms with Gasteiger partial charge in [-0.25, -0.2) is 0 Å². The molecule has 2 N–H and O–H groups in total. The number of anilines is 3. The molecule has 1 saturated heterocycles. The van der Waals surface area contributed by atoms with Crippen LogP contribution in [0.25, 0.3) is 0 Å². The van der Waals surface area contributed by atoms with Crippen molar-refractivity contribution in [3.63, 3.8) is 0 Å². The average molecular weight is 408 g/mol. The molecule has 2 heterocycles. The van der Waals surface area contributed by atoms with E-state index in [4.69, 9.17) is 0 Å². The zero-order valence-corrected chi connectivity index (χ0v) is 17.0. The van der Waals surface area contributed by atoms with Crippen molar-refractivity contribution in [3.8, 4) is 0 Å². The van der Waals surface area contributed by atoms with Gasteiger partial charge in [0.1, 0.15) is 0 Å². The predicted octanol–water partition coefficient (Wildman–Crippen LogP) is 4.55. The molecule has 0 bridgehead atoms. The van der Waals surface area contributed by atoms with E-state index < -0.39 is 0 Å². The van der Waals surface area contributed by atoms with Crippen LogP contribution in [0.15, 0.2) is 48.5 Å². The van der Waals surface area contributed by atoms with Crippen LogP contribution in [0.3, 0.4) is 0 Å². The lowest BCUT2D eigenvalue weighted by atomic mass is 10.0. The molecule has 0 spiro atoms. The van der Waals surface area contributed by atoms with Gasteiger partial charge in [-0.05, 0) is 62.0 Å². The normalized spacial score (nSPS) is 17.6. The van der Waals surface area contributed by atoms with Crippen molar-refractivity contribution in [2.45, 2.75) is 25.7 Å². The lowest BCUT2D eigenvalue weighted by Crippen LogP contribution is -2.19. The molecule has 4 rings (SSSR count).